The Bertz CT molecular complexity index is 1030. The molecule has 1 atom stereocenters. The second kappa shape index (κ2) is 8.71. The first-order chi connectivity index (χ1) is 13.5. The third kappa shape index (κ3) is 4.23. The van der Waals surface area contributed by atoms with Crippen LogP contribution in [0.4, 0.5) is 5.69 Å². The number of carbonyl (C=O) groups is 1. The third-order valence-electron chi connectivity index (χ3n) is 4.30. The highest BCUT2D eigenvalue weighted by Gasteiger charge is 2.22. The summed E-state index contributed by atoms with van der Waals surface area (Å²) in [6, 6.07) is 16.7. The molecule has 1 N–H and O–H groups in total. The SMILES string of the molecule is CC[C@@H](C(=O)Nc1cc(Cl)ccc1OC)n1nc(-c2ccccc2)ccc1=O. The summed E-state index contributed by atoms with van der Waals surface area (Å²) < 4.78 is 6.48. The summed E-state index contributed by atoms with van der Waals surface area (Å²) in [5.41, 5.74) is 1.57. The van der Waals surface area contributed by atoms with Crippen LogP contribution in [0.15, 0.2) is 65.5 Å². The van der Waals surface area contributed by atoms with Crippen molar-refractivity contribution in [3.63, 3.8) is 0 Å². The summed E-state index contributed by atoms with van der Waals surface area (Å²) in [7, 11) is 1.51. The van der Waals surface area contributed by atoms with E-state index in [2.05, 4.69) is 10.4 Å². The van der Waals surface area contributed by atoms with E-state index in [1.807, 2.05) is 37.3 Å². The van der Waals surface area contributed by atoms with Crippen molar-refractivity contribution in [1.29, 1.82) is 0 Å². The summed E-state index contributed by atoms with van der Waals surface area (Å²) in [6.07, 6.45) is 0.389. The van der Waals surface area contributed by atoms with Crippen LogP contribution in [0.3, 0.4) is 0 Å². The minimum absolute atomic E-state index is 0.347. The van der Waals surface area contributed by atoms with E-state index in [9.17, 15) is 9.59 Å². The molecule has 0 radical (unpaired) electrons. The molecule has 0 saturated carbocycles. The van der Waals surface area contributed by atoms with Crippen molar-refractivity contribution in [1.82, 2.24) is 9.78 Å². The number of hydrogen-bond acceptors (Lipinski definition) is 4. The molecule has 3 aromatic rings. The normalized spacial score (nSPS) is 11.7. The zero-order chi connectivity index (χ0) is 20.1. The molecule has 0 aliphatic rings. The minimum Gasteiger partial charge on any atom is -0.495 e. The Morgan fingerprint density at radius 2 is 1.93 bits per heavy atom. The Labute approximate surface area is 167 Å². The molecule has 6 nitrogen and oxygen atoms in total. The highest BCUT2D eigenvalue weighted by atomic mass is 35.5. The molecule has 0 aliphatic heterocycles. The molecule has 7 heteroatoms. The van der Waals surface area contributed by atoms with Gasteiger partial charge in [0.15, 0.2) is 0 Å². The van der Waals surface area contributed by atoms with Gasteiger partial charge in [0.1, 0.15) is 11.8 Å². The van der Waals surface area contributed by atoms with Gasteiger partial charge in [0.2, 0.25) is 5.91 Å². The fraction of sp³-hybridized carbons (Fsp3) is 0.190. The number of nitrogens with zero attached hydrogens (tertiary/aromatic N) is 2. The number of methoxy groups -OCH3 is 1. The first-order valence-corrected chi connectivity index (χ1v) is 9.21. The number of anilines is 1. The van der Waals surface area contributed by atoms with E-state index >= 15 is 0 Å². The maximum Gasteiger partial charge on any atom is 0.267 e. The van der Waals surface area contributed by atoms with Crippen molar-refractivity contribution in [2.75, 3.05) is 12.4 Å². The van der Waals surface area contributed by atoms with Crippen molar-refractivity contribution in [2.45, 2.75) is 19.4 Å². The number of amides is 1. The predicted molar refractivity (Wildman–Crippen MR) is 110 cm³/mol. The molecule has 3 rings (SSSR count). The van der Waals surface area contributed by atoms with Gasteiger partial charge in [0, 0.05) is 16.7 Å². The van der Waals surface area contributed by atoms with Gasteiger partial charge < -0.3 is 10.1 Å². The summed E-state index contributed by atoms with van der Waals surface area (Å²) in [5.74, 6) is 0.105. The van der Waals surface area contributed by atoms with E-state index in [1.54, 1.807) is 24.3 Å². The number of aromatic nitrogens is 2. The Morgan fingerprint density at radius 3 is 2.61 bits per heavy atom. The van der Waals surface area contributed by atoms with Crippen molar-refractivity contribution in [3.8, 4) is 17.0 Å². The molecule has 0 spiro atoms. The first kappa shape index (κ1) is 19.6. The molecular formula is C21H20ClN3O3. The third-order valence-corrected chi connectivity index (χ3v) is 4.53. The van der Waals surface area contributed by atoms with E-state index in [1.165, 1.54) is 17.9 Å². The Balaban J connectivity index is 1.94. The predicted octanol–water partition coefficient (Wildman–Crippen LogP) is 4.16. The minimum atomic E-state index is -0.778. The fourth-order valence-corrected chi connectivity index (χ4v) is 3.05. The molecule has 1 amide bonds. The molecule has 144 valence electrons. The maximum atomic E-state index is 12.9. The monoisotopic (exact) mass is 397 g/mol. The largest absolute Gasteiger partial charge is 0.495 e. The van der Waals surface area contributed by atoms with Crippen LogP contribution in [0.1, 0.15) is 19.4 Å². The number of ether oxygens (including phenoxy) is 1. The second-order valence-electron chi connectivity index (χ2n) is 6.13. The molecule has 0 bridgehead atoms. The zero-order valence-corrected chi connectivity index (χ0v) is 16.3. The van der Waals surface area contributed by atoms with Gasteiger partial charge in [0.25, 0.3) is 5.56 Å². The van der Waals surface area contributed by atoms with Crippen molar-refractivity contribution >= 4 is 23.2 Å². The highest BCUT2D eigenvalue weighted by molar-refractivity contribution is 6.31. The number of rotatable bonds is 6. The lowest BCUT2D eigenvalue weighted by atomic mass is 10.1. The van der Waals surface area contributed by atoms with E-state index in [0.29, 0.717) is 28.6 Å². The maximum absolute atomic E-state index is 12.9. The van der Waals surface area contributed by atoms with Crippen LogP contribution in [0.25, 0.3) is 11.3 Å². The van der Waals surface area contributed by atoms with Crippen LogP contribution in [-0.4, -0.2) is 22.8 Å². The number of nitrogens with one attached hydrogen (secondary N) is 1. The van der Waals surface area contributed by atoms with Gasteiger partial charge in [-0.3, -0.25) is 9.59 Å². The topological polar surface area (TPSA) is 73.2 Å². The van der Waals surface area contributed by atoms with Crippen molar-refractivity contribution < 1.29 is 9.53 Å². The average Bonchev–Trinajstić information content (AvgIpc) is 2.71. The van der Waals surface area contributed by atoms with Gasteiger partial charge in [0.05, 0.1) is 18.5 Å². The van der Waals surface area contributed by atoms with Crippen LogP contribution in [0.5, 0.6) is 5.75 Å². The van der Waals surface area contributed by atoms with Gasteiger partial charge in [-0.25, -0.2) is 4.68 Å². The van der Waals surface area contributed by atoms with Crippen molar-refractivity contribution in [2.24, 2.45) is 0 Å². The van der Waals surface area contributed by atoms with E-state index in [0.717, 1.165) is 5.56 Å². The summed E-state index contributed by atoms with van der Waals surface area (Å²) in [5, 5.41) is 7.68. The molecule has 0 fully saturated rings. The van der Waals surface area contributed by atoms with E-state index in [4.69, 9.17) is 16.3 Å². The van der Waals surface area contributed by atoms with Gasteiger partial charge in [-0.15, -0.1) is 0 Å². The molecular weight excluding hydrogens is 378 g/mol. The lowest BCUT2D eigenvalue weighted by Crippen LogP contribution is -2.34. The van der Waals surface area contributed by atoms with Crippen LogP contribution in [-0.2, 0) is 4.79 Å². The fourth-order valence-electron chi connectivity index (χ4n) is 2.87. The quantitative estimate of drug-likeness (QED) is 0.677. The number of hydrogen-bond donors (Lipinski definition) is 1. The molecule has 0 unspecified atom stereocenters. The molecule has 28 heavy (non-hydrogen) atoms. The van der Waals surface area contributed by atoms with Crippen LogP contribution in [0, 0.1) is 0 Å². The lowest BCUT2D eigenvalue weighted by Gasteiger charge is -2.18. The van der Waals surface area contributed by atoms with E-state index < -0.39 is 6.04 Å². The molecule has 0 saturated heterocycles. The zero-order valence-electron chi connectivity index (χ0n) is 15.6. The van der Waals surface area contributed by atoms with Crippen molar-refractivity contribution in [3.05, 3.63) is 76.0 Å². The van der Waals surface area contributed by atoms with Gasteiger partial charge >= 0.3 is 0 Å². The second-order valence-corrected chi connectivity index (χ2v) is 6.56. The number of halogens is 1. The summed E-state index contributed by atoms with van der Waals surface area (Å²) >= 11 is 6.03. The Kier molecular flexibility index (Phi) is 6.11. The summed E-state index contributed by atoms with van der Waals surface area (Å²) in [6.45, 7) is 1.82. The van der Waals surface area contributed by atoms with Crippen LogP contribution >= 0.6 is 11.6 Å². The standard InChI is InChI=1S/C21H20ClN3O3/c1-3-18(21(27)23-17-13-15(22)9-11-19(17)28-2)25-20(26)12-10-16(24-25)14-7-5-4-6-8-14/h4-13,18H,3H2,1-2H3,(H,23,27)/t18-/m0/s1. The van der Waals surface area contributed by atoms with Gasteiger partial charge in [-0.1, -0.05) is 48.9 Å². The smallest absolute Gasteiger partial charge is 0.267 e. The van der Waals surface area contributed by atoms with E-state index in [-0.39, 0.29) is 11.5 Å². The number of benzene rings is 2. The molecule has 1 aromatic heterocycles. The highest BCUT2D eigenvalue weighted by Crippen LogP contribution is 2.28. The lowest BCUT2D eigenvalue weighted by molar-refractivity contribution is -0.119. The van der Waals surface area contributed by atoms with Crippen LogP contribution in [0.2, 0.25) is 5.02 Å². The Hall–Kier alpha value is -3.12. The molecule has 0 aliphatic carbocycles. The Morgan fingerprint density at radius 1 is 1.18 bits per heavy atom. The average molecular weight is 398 g/mol. The first-order valence-electron chi connectivity index (χ1n) is 8.83. The number of carbonyl (C=O) groups excluding carboxylic acids is 1. The van der Waals surface area contributed by atoms with Crippen LogP contribution < -0.4 is 15.6 Å². The van der Waals surface area contributed by atoms with Gasteiger partial charge in [-0.2, -0.15) is 5.10 Å². The summed E-state index contributed by atoms with van der Waals surface area (Å²) in [4.78, 5) is 25.3. The van der Waals surface area contributed by atoms with Gasteiger partial charge in [-0.05, 0) is 30.7 Å². The molecule has 1 heterocycles. The molecule has 2 aromatic carbocycles.